The largest absolute Gasteiger partial charge is 0.298 e. The van der Waals surface area contributed by atoms with Crippen molar-refractivity contribution in [2.75, 3.05) is 0 Å². The summed E-state index contributed by atoms with van der Waals surface area (Å²) >= 11 is 5.57. The van der Waals surface area contributed by atoms with Gasteiger partial charge in [0.25, 0.3) is 0 Å². The maximum Gasteiger partial charge on any atom is 0.163 e. The number of allylic oxidation sites excluding steroid dienone is 6. The number of hydrogen-bond acceptors (Lipinski definition) is 2. The molecule has 2 atom stereocenters. The molecule has 0 spiro atoms. The molecular weight excluding hydrogens is 248 g/mol. The summed E-state index contributed by atoms with van der Waals surface area (Å²) in [7, 11) is 0. The first-order chi connectivity index (χ1) is 8.47. The molecule has 0 aliphatic rings. The van der Waals surface area contributed by atoms with Gasteiger partial charge in [0, 0.05) is 0 Å². The molecule has 3 heteroatoms. The predicted octanol–water partition coefficient (Wildman–Crippen LogP) is 3.86. The Bertz CT molecular complexity index is 352. The zero-order chi connectivity index (χ0) is 14.0. The molecule has 18 heavy (non-hydrogen) atoms. The minimum Gasteiger partial charge on any atom is -0.298 e. The van der Waals surface area contributed by atoms with Crippen molar-refractivity contribution in [3.63, 3.8) is 0 Å². The fourth-order valence-corrected chi connectivity index (χ4v) is 1.13. The van der Waals surface area contributed by atoms with E-state index in [1.54, 1.807) is 19.1 Å². The van der Waals surface area contributed by atoms with Crippen molar-refractivity contribution in [2.45, 2.75) is 39.0 Å². The molecule has 0 N–H and O–H groups in total. The van der Waals surface area contributed by atoms with Gasteiger partial charge in [0.05, 0.1) is 11.8 Å². The van der Waals surface area contributed by atoms with Crippen LogP contribution >= 0.6 is 11.6 Å². The van der Waals surface area contributed by atoms with Crippen molar-refractivity contribution in [3.05, 3.63) is 36.5 Å². The van der Waals surface area contributed by atoms with E-state index < -0.39 is 5.38 Å². The highest BCUT2D eigenvalue weighted by molar-refractivity contribution is 6.32. The van der Waals surface area contributed by atoms with Crippen LogP contribution in [0.15, 0.2) is 36.5 Å². The predicted molar refractivity (Wildman–Crippen MR) is 76.8 cm³/mol. The van der Waals surface area contributed by atoms with Gasteiger partial charge in [-0.3, -0.25) is 9.59 Å². The van der Waals surface area contributed by atoms with Crippen LogP contribution in [0.3, 0.4) is 0 Å². The van der Waals surface area contributed by atoms with Gasteiger partial charge in [0.1, 0.15) is 0 Å². The number of hydrogen-bond donors (Lipinski definition) is 0. The van der Waals surface area contributed by atoms with E-state index in [0.717, 1.165) is 6.42 Å². The maximum absolute atomic E-state index is 11.3. The molecule has 0 amide bonds. The number of alkyl halides is 1. The molecule has 1 unspecified atom stereocenters. The fourth-order valence-electron chi connectivity index (χ4n) is 1.05. The Morgan fingerprint density at radius 1 is 1.11 bits per heavy atom. The van der Waals surface area contributed by atoms with E-state index in [4.69, 9.17) is 11.6 Å². The van der Waals surface area contributed by atoms with Gasteiger partial charge in [0.15, 0.2) is 11.6 Å². The summed E-state index contributed by atoms with van der Waals surface area (Å²) in [5.74, 6) is 0.0955. The van der Waals surface area contributed by atoms with E-state index in [9.17, 15) is 9.59 Å². The Morgan fingerprint density at radius 3 is 2.28 bits per heavy atom. The zero-order valence-corrected chi connectivity index (χ0v) is 12.0. The van der Waals surface area contributed by atoms with Crippen LogP contribution < -0.4 is 0 Å². The number of rotatable bonds is 8. The second-order valence-electron chi connectivity index (χ2n) is 4.24. The van der Waals surface area contributed by atoms with E-state index in [-0.39, 0.29) is 18.0 Å². The molecule has 0 radical (unpaired) electrons. The van der Waals surface area contributed by atoms with Crippen LogP contribution in [0.2, 0.25) is 0 Å². The quantitative estimate of drug-likeness (QED) is 0.290. The van der Waals surface area contributed by atoms with Crippen LogP contribution in [0.1, 0.15) is 33.6 Å². The van der Waals surface area contributed by atoms with Gasteiger partial charge < -0.3 is 0 Å². The first-order valence-electron chi connectivity index (χ1n) is 6.18. The van der Waals surface area contributed by atoms with Gasteiger partial charge in [-0.15, -0.1) is 11.6 Å². The smallest absolute Gasteiger partial charge is 0.163 e. The molecule has 100 valence electrons. The van der Waals surface area contributed by atoms with Crippen molar-refractivity contribution in [2.24, 2.45) is 5.92 Å². The summed E-state index contributed by atoms with van der Waals surface area (Å²) in [5.41, 5.74) is 0. The minimum atomic E-state index is -0.601. The SMILES string of the molecule is CC[C@H](C)/C=C/C=C/C=C/C(=O)CC(=O)C(C)Cl. The average molecular weight is 269 g/mol. The molecule has 0 fully saturated rings. The third kappa shape index (κ3) is 8.94. The molecule has 0 bridgehead atoms. The molecule has 2 nitrogen and oxygen atoms in total. The Hall–Kier alpha value is -1.15. The monoisotopic (exact) mass is 268 g/mol. The normalized spacial score (nSPS) is 15.6. The molecule has 0 saturated carbocycles. The second-order valence-corrected chi connectivity index (χ2v) is 4.89. The van der Waals surface area contributed by atoms with Crippen LogP contribution in [0.4, 0.5) is 0 Å². The average Bonchev–Trinajstić information content (AvgIpc) is 2.32. The van der Waals surface area contributed by atoms with Crippen LogP contribution in [-0.2, 0) is 9.59 Å². The standard InChI is InChI=1S/C15H21ClO2/c1-4-12(2)9-7-5-6-8-10-14(17)11-15(18)13(3)16/h5-10,12-13H,4,11H2,1-3H3/b6-5+,9-7+,10-8+/t12-,13?/m0/s1. The third-order valence-corrected chi connectivity index (χ3v) is 2.73. The van der Waals surface area contributed by atoms with Crippen LogP contribution in [-0.4, -0.2) is 16.9 Å². The van der Waals surface area contributed by atoms with Crippen molar-refractivity contribution in [1.82, 2.24) is 0 Å². The topological polar surface area (TPSA) is 34.1 Å². The summed E-state index contributed by atoms with van der Waals surface area (Å²) in [6.07, 6.45) is 11.7. The molecular formula is C15H21ClO2. The summed E-state index contributed by atoms with van der Waals surface area (Å²) in [6, 6.07) is 0. The van der Waals surface area contributed by atoms with Crippen LogP contribution in [0.5, 0.6) is 0 Å². The molecule has 0 aromatic carbocycles. The van der Waals surface area contributed by atoms with E-state index in [2.05, 4.69) is 19.9 Å². The Morgan fingerprint density at radius 2 is 1.72 bits per heavy atom. The Kier molecular flexibility index (Phi) is 9.21. The molecule has 0 heterocycles. The van der Waals surface area contributed by atoms with E-state index >= 15 is 0 Å². The second kappa shape index (κ2) is 9.84. The molecule has 0 aliphatic heterocycles. The van der Waals surface area contributed by atoms with Gasteiger partial charge in [0.2, 0.25) is 0 Å². The zero-order valence-electron chi connectivity index (χ0n) is 11.2. The summed E-state index contributed by atoms with van der Waals surface area (Å²) in [5, 5.41) is -0.601. The minimum absolute atomic E-state index is 0.127. The molecule has 0 aromatic heterocycles. The molecule has 0 rings (SSSR count). The summed E-state index contributed by atoms with van der Waals surface area (Å²) < 4.78 is 0. The molecule has 0 aromatic rings. The lowest BCUT2D eigenvalue weighted by Gasteiger charge is -1.97. The highest BCUT2D eigenvalue weighted by atomic mass is 35.5. The highest BCUT2D eigenvalue weighted by Gasteiger charge is 2.11. The number of halogens is 1. The van der Waals surface area contributed by atoms with Crippen LogP contribution in [0, 0.1) is 5.92 Å². The highest BCUT2D eigenvalue weighted by Crippen LogP contribution is 2.02. The number of carbonyl (C=O) groups excluding carboxylic acids is 2. The van der Waals surface area contributed by atoms with Crippen molar-refractivity contribution < 1.29 is 9.59 Å². The lowest BCUT2D eigenvalue weighted by molar-refractivity contribution is -0.124. The van der Waals surface area contributed by atoms with Gasteiger partial charge in [-0.2, -0.15) is 0 Å². The van der Waals surface area contributed by atoms with Crippen molar-refractivity contribution >= 4 is 23.2 Å². The van der Waals surface area contributed by atoms with E-state index in [1.165, 1.54) is 6.08 Å². The summed E-state index contributed by atoms with van der Waals surface area (Å²) in [4.78, 5) is 22.5. The number of carbonyl (C=O) groups is 2. The van der Waals surface area contributed by atoms with Gasteiger partial charge in [-0.1, -0.05) is 50.6 Å². The van der Waals surface area contributed by atoms with E-state index in [1.807, 2.05) is 12.2 Å². The third-order valence-electron chi connectivity index (χ3n) is 2.49. The summed E-state index contributed by atoms with van der Waals surface area (Å²) in [6.45, 7) is 5.84. The Labute approximate surface area is 114 Å². The fraction of sp³-hybridized carbons (Fsp3) is 0.467. The van der Waals surface area contributed by atoms with Gasteiger partial charge in [-0.25, -0.2) is 0 Å². The van der Waals surface area contributed by atoms with Gasteiger partial charge >= 0.3 is 0 Å². The molecule has 0 aliphatic carbocycles. The van der Waals surface area contributed by atoms with Gasteiger partial charge in [-0.05, 0) is 18.9 Å². The van der Waals surface area contributed by atoms with Crippen molar-refractivity contribution in [1.29, 1.82) is 0 Å². The first-order valence-corrected chi connectivity index (χ1v) is 6.62. The van der Waals surface area contributed by atoms with E-state index in [0.29, 0.717) is 5.92 Å². The first kappa shape index (κ1) is 16.9. The lowest BCUT2D eigenvalue weighted by atomic mass is 10.1. The van der Waals surface area contributed by atoms with Crippen molar-refractivity contribution in [3.8, 4) is 0 Å². The Balaban J connectivity index is 4.02. The van der Waals surface area contributed by atoms with Crippen LogP contribution in [0.25, 0.3) is 0 Å². The number of Topliss-reactive ketones (excluding diaryl/α,β-unsaturated/α-hetero) is 1. The lowest BCUT2D eigenvalue weighted by Crippen LogP contribution is -2.13. The molecule has 0 saturated heterocycles. The number of ketones is 2. The maximum atomic E-state index is 11.3.